The Hall–Kier alpha value is -2.96. The Morgan fingerprint density at radius 3 is 2.69 bits per heavy atom. The van der Waals surface area contributed by atoms with Crippen LogP contribution in [0.2, 0.25) is 0 Å². The van der Waals surface area contributed by atoms with Crippen molar-refractivity contribution in [2.45, 2.75) is 52.1 Å². The standard InChI is InChI=1S/C22H26N4O3/c1-4-19(27)25-11-5-6-18(25)21-23-14(2)17-12-20(28)26(22(17)24-21)13-15-7-9-16(29-3)10-8-15/h7-10,18H,4-6,11-13H2,1-3H3. The van der Waals surface area contributed by atoms with Gasteiger partial charge in [-0.2, -0.15) is 0 Å². The number of benzene rings is 1. The SMILES string of the molecule is CCC(=O)N1CCCC1c1nc(C)c2c(n1)N(Cc1ccc(OC)cc1)C(=O)C2. The highest BCUT2D eigenvalue weighted by atomic mass is 16.5. The molecule has 0 aliphatic carbocycles. The first-order valence-corrected chi connectivity index (χ1v) is 10.1. The van der Waals surface area contributed by atoms with Gasteiger partial charge < -0.3 is 9.64 Å². The Morgan fingerprint density at radius 2 is 2.00 bits per heavy atom. The van der Waals surface area contributed by atoms with Gasteiger partial charge >= 0.3 is 0 Å². The van der Waals surface area contributed by atoms with Gasteiger partial charge in [0, 0.05) is 24.2 Å². The van der Waals surface area contributed by atoms with E-state index < -0.39 is 0 Å². The lowest BCUT2D eigenvalue weighted by molar-refractivity contribution is -0.131. The molecule has 0 spiro atoms. The van der Waals surface area contributed by atoms with Gasteiger partial charge in [0.1, 0.15) is 11.6 Å². The fraction of sp³-hybridized carbons (Fsp3) is 0.455. The van der Waals surface area contributed by atoms with E-state index >= 15 is 0 Å². The molecule has 2 aliphatic rings. The predicted molar refractivity (Wildman–Crippen MR) is 109 cm³/mol. The molecule has 29 heavy (non-hydrogen) atoms. The Kier molecular flexibility index (Phi) is 5.22. The highest BCUT2D eigenvalue weighted by Crippen LogP contribution is 2.35. The summed E-state index contributed by atoms with van der Waals surface area (Å²) in [6, 6.07) is 7.58. The summed E-state index contributed by atoms with van der Waals surface area (Å²) in [5.74, 6) is 2.27. The topological polar surface area (TPSA) is 75.6 Å². The van der Waals surface area contributed by atoms with Crippen LogP contribution in [0.3, 0.4) is 0 Å². The third-order valence-electron chi connectivity index (χ3n) is 5.77. The number of aryl methyl sites for hydroxylation is 1. The third kappa shape index (κ3) is 3.57. The number of likely N-dealkylation sites (tertiary alicyclic amines) is 1. The van der Waals surface area contributed by atoms with Crippen LogP contribution in [0, 0.1) is 6.92 Å². The Balaban J connectivity index is 1.65. The van der Waals surface area contributed by atoms with Crippen molar-refractivity contribution in [2.75, 3.05) is 18.6 Å². The van der Waals surface area contributed by atoms with Crippen LogP contribution in [0.4, 0.5) is 5.82 Å². The van der Waals surface area contributed by atoms with Crippen LogP contribution in [0.25, 0.3) is 0 Å². The largest absolute Gasteiger partial charge is 0.497 e. The summed E-state index contributed by atoms with van der Waals surface area (Å²) in [7, 11) is 1.63. The maximum Gasteiger partial charge on any atom is 0.233 e. The lowest BCUT2D eigenvalue weighted by Crippen LogP contribution is -2.31. The molecule has 2 aromatic rings. The minimum atomic E-state index is -0.106. The predicted octanol–water partition coefficient (Wildman–Crippen LogP) is 2.96. The third-order valence-corrected chi connectivity index (χ3v) is 5.77. The molecule has 7 heteroatoms. The Morgan fingerprint density at radius 1 is 1.24 bits per heavy atom. The van der Waals surface area contributed by atoms with Crippen molar-refractivity contribution in [2.24, 2.45) is 0 Å². The summed E-state index contributed by atoms with van der Waals surface area (Å²) >= 11 is 0. The average Bonchev–Trinajstić information content (AvgIpc) is 3.34. The molecule has 152 valence electrons. The molecule has 0 radical (unpaired) electrons. The molecule has 1 aromatic carbocycles. The molecule has 2 amide bonds. The first-order chi connectivity index (χ1) is 14.0. The summed E-state index contributed by atoms with van der Waals surface area (Å²) in [6.07, 6.45) is 2.60. The van der Waals surface area contributed by atoms with Crippen molar-refractivity contribution in [3.63, 3.8) is 0 Å². The zero-order chi connectivity index (χ0) is 20.5. The van der Waals surface area contributed by atoms with Crippen LogP contribution in [-0.2, 0) is 22.6 Å². The maximum atomic E-state index is 12.7. The number of carbonyl (C=O) groups excluding carboxylic acids is 2. The molecular weight excluding hydrogens is 368 g/mol. The Bertz CT molecular complexity index is 942. The van der Waals surface area contributed by atoms with Gasteiger partial charge in [0.25, 0.3) is 0 Å². The molecule has 1 saturated heterocycles. The van der Waals surface area contributed by atoms with Crippen molar-refractivity contribution in [1.82, 2.24) is 14.9 Å². The van der Waals surface area contributed by atoms with Crippen molar-refractivity contribution in [3.05, 3.63) is 46.9 Å². The minimum absolute atomic E-state index is 0.0262. The van der Waals surface area contributed by atoms with Gasteiger partial charge in [0.2, 0.25) is 11.8 Å². The number of anilines is 1. The van der Waals surface area contributed by atoms with Crippen LogP contribution < -0.4 is 9.64 Å². The number of rotatable bonds is 5. The second kappa shape index (κ2) is 7.81. The second-order valence-corrected chi connectivity index (χ2v) is 7.57. The summed E-state index contributed by atoms with van der Waals surface area (Å²) in [5, 5.41) is 0. The molecule has 1 fully saturated rings. The molecule has 3 heterocycles. The highest BCUT2D eigenvalue weighted by molar-refractivity contribution is 6.00. The zero-order valence-corrected chi connectivity index (χ0v) is 17.1. The number of fused-ring (bicyclic) bond motifs is 1. The molecule has 4 rings (SSSR count). The molecule has 0 bridgehead atoms. The summed E-state index contributed by atoms with van der Waals surface area (Å²) in [4.78, 5) is 38.2. The lowest BCUT2D eigenvalue weighted by Gasteiger charge is -2.25. The maximum absolute atomic E-state index is 12.7. The number of hydrogen-bond acceptors (Lipinski definition) is 5. The normalized spacial score (nSPS) is 18.3. The van der Waals surface area contributed by atoms with E-state index in [1.807, 2.05) is 43.0 Å². The number of aromatic nitrogens is 2. The van der Waals surface area contributed by atoms with E-state index in [9.17, 15) is 9.59 Å². The number of carbonyl (C=O) groups is 2. The number of hydrogen-bond donors (Lipinski definition) is 0. The van der Waals surface area contributed by atoms with Crippen LogP contribution in [0.1, 0.15) is 54.9 Å². The van der Waals surface area contributed by atoms with Crippen LogP contribution in [-0.4, -0.2) is 40.3 Å². The van der Waals surface area contributed by atoms with E-state index in [0.717, 1.165) is 42.0 Å². The number of amides is 2. The molecule has 1 unspecified atom stereocenters. The van der Waals surface area contributed by atoms with E-state index in [4.69, 9.17) is 14.7 Å². The fourth-order valence-electron chi connectivity index (χ4n) is 4.16. The smallest absolute Gasteiger partial charge is 0.233 e. The molecule has 0 saturated carbocycles. The van der Waals surface area contributed by atoms with E-state index in [-0.39, 0.29) is 17.9 Å². The van der Waals surface area contributed by atoms with Crippen molar-refractivity contribution in [1.29, 1.82) is 0 Å². The van der Waals surface area contributed by atoms with Crippen molar-refractivity contribution < 1.29 is 14.3 Å². The van der Waals surface area contributed by atoms with Gasteiger partial charge in [-0.15, -0.1) is 0 Å². The number of ether oxygens (including phenoxy) is 1. The number of methoxy groups -OCH3 is 1. The van der Waals surface area contributed by atoms with E-state index in [1.165, 1.54) is 0 Å². The van der Waals surface area contributed by atoms with E-state index in [0.29, 0.717) is 31.0 Å². The zero-order valence-electron chi connectivity index (χ0n) is 17.1. The molecule has 1 atom stereocenters. The van der Waals surface area contributed by atoms with Crippen LogP contribution >= 0.6 is 0 Å². The minimum Gasteiger partial charge on any atom is -0.497 e. The van der Waals surface area contributed by atoms with Gasteiger partial charge in [0.15, 0.2) is 5.82 Å². The van der Waals surface area contributed by atoms with E-state index in [2.05, 4.69) is 0 Å². The lowest BCUT2D eigenvalue weighted by atomic mass is 10.1. The van der Waals surface area contributed by atoms with Crippen LogP contribution in [0.15, 0.2) is 24.3 Å². The summed E-state index contributed by atoms with van der Waals surface area (Å²) in [5.41, 5.74) is 2.72. The molecular formula is C22H26N4O3. The molecule has 0 N–H and O–H groups in total. The molecule has 2 aliphatic heterocycles. The average molecular weight is 394 g/mol. The summed E-state index contributed by atoms with van der Waals surface area (Å²) in [6.45, 7) is 5.00. The van der Waals surface area contributed by atoms with Gasteiger partial charge in [-0.1, -0.05) is 19.1 Å². The van der Waals surface area contributed by atoms with E-state index in [1.54, 1.807) is 12.0 Å². The van der Waals surface area contributed by atoms with Crippen molar-refractivity contribution in [3.8, 4) is 5.75 Å². The monoisotopic (exact) mass is 394 g/mol. The first kappa shape index (κ1) is 19.4. The van der Waals surface area contributed by atoms with Gasteiger partial charge in [-0.05, 0) is 37.5 Å². The van der Waals surface area contributed by atoms with Gasteiger partial charge in [-0.25, -0.2) is 9.97 Å². The Labute approximate surface area is 170 Å². The van der Waals surface area contributed by atoms with Gasteiger partial charge in [0.05, 0.1) is 26.1 Å². The molecule has 7 nitrogen and oxygen atoms in total. The number of nitrogens with zero attached hydrogens (tertiary/aromatic N) is 4. The van der Waals surface area contributed by atoms with Crippen LogP contribution in [0.5, 0.6) is 5.75 Å². The quantitative estimate of drug-likeness (QED) is 0.779. The molecule has 1 aromatic heterocycles. The first-order valence-electron chi connectivity index (χ1n) is 10.1. The second-order valence-electron chi connectivity index (χ2n) is 7.57. The van der Waals surface area contributed by atoms with Crippen molar-refractivity contribution >= 4 is 17.6 Å². The highest BCUT2D eigenvalue weighted by Gasteiger charge is 2.36. The fourth-order valence-corrected chi connectivity index (χ4v) is 4.16. The van der Waals surface area contributed by atoms with Gasteiger partial charge in [-0.3, -0.25) is 14.5 Å². The summed E-state index contributed by atoms with van der Waals surface area (Å²) < 4.78 is 5.21.